The van der Waals surface area contributed by atoms with Crippen LogP contribution < -0.4 is 9.47 Å². The Kier molecular flexibility index (Phi) is 6.91. The minimum Gasteiger partial charge on any atom is -0.493 e. The molecule has 1 aromatic carbocycles. The number of ether oxygens (including phenoxy) is 2. The number of nitrogens with zero attached hydrogens (tertiary/aromatic N) is 1. The van der Waals surface area contributed by atoms with Gasteiger partial charge in [-0.25, -0.2) is 4.39 Å². The Labute approximate surface area is 172 Å². The van der Waals surface area contributed by atoms with Crippen molar-refractivity contribution < 1.29 is 18.7 Å². The number of halogens is 1. The van der Waals surface area contributed by atoms with Crippen LogP contribution in [0.3, 0.4) is 0 Å². The van der Waals surface area contributed by atoms with E-state index in [2.05, 4.69) is 18.1 Å². The number of piperidine rings is 1. The second-order valence-electron chi connectivity index (χ2n) is 7.93. The fraction of sp³-hybridized carbons (Fsp3) is 0.458. The third-order valence-corrected chi connectivity index (χ3v) is 6.00. The van der Waals surface area contributed by atoms with Gasteiger partial charge in [0, 0.05) is 12.5 Å². The molecule has 1 aromatic rings. The van der Waals surface area contributed by atoms with Gasteiger partial charge in [0.2, 0.25) is 0 Å². The molecule has 0 saturated carbocycles. The normalized spacial score (nSPS) is 20.1. The predicted molar refractivity (Wildman–Crippen MR) is 113 cm³/mol. The first-order valence-electron chi connectivity index (χ1n) is 10.1. The summed E-state index contributed by atoms with van der Waals surface area (Å²) in [5.41, 5.74) is 2.00. The summed E-state index contributed by atoms with van der Waals surface area (Å²) in [7, 11) is 2.87. The lowest BCUT2D eigenvalue weighted by Gasteiger charge is -2.33. The summed E-state index contributed by atoms with van der Waals surface area (Å²) in [6.45, 7) is 10.6. The van der Waals surface area contributed by atoms with Crippen molar-refractivity contribution in [3.8, 4) is 11.5 Å². The van der Waals surface area contributed by atoms with E-state index in [0.717, 1.165) is 50.0 Å². The smallest absolute Gasteiger partial charge is 0.197 e. The van der Waals surface area contributed by atoms with Crippen LogP contribution in [0.1, 0.15) is 35.2 Å². The van der Waals surface area contributed by atoms with E-state index in [9.17, 15) is 9.18 Å². The summed E-state index contributed by atoms with van der Waals surface area (Å²) >= 11 is 0. The Morgan fingerprint density at radius 1 is 1.31 bits per heavy atom. The lowest BCUT2D eigenvalue weighted by atomic mass is 9.85. The van der Waals surface area contributed by atoms with E-state index in [4.69, 9.17) is 9.47 Å². The summed E-state index contributed by atoms with van der Waals surface area (Å²) < 4.78 is 25.2. The molecule has 0 bridgehead atoms. The summed E-state index contributed by atoms with van der Waals surface area (Å²) in [6.07, 6.45) is 9.13. The number of rotatable bonds is 8. The van der Waals surface area contributed by atoms with Crippen molar-refractivity contribution in [1.29, 1.82) is 0 Å². The average Bonchev–Trinajstić information content (AvgIpc) is 3.03. The monoisotopic (exact) mass is 399 g/mol. The van der Waals surface area contributed by atoms with Crippen molar-refractivity contribution >= 4 is 5.78 Å². The molecule has 0 amide bonds. The van der Waals surface area contributed by atoms with Crippen LogP contribution in [0.5, 0.6) is 11.5 Å². The third kappa shape index (κ3) is 4.61. The number of likely N-dealkylation sites (tertiary alicyclic amines) is 1. The standard InChI is InChI=1S/C24H30FNO3/c1-5-6-7-16(2)15-26-10-8-17(9-11-26)12-19-13-18-14-20(28-3)24(29-4)22(25)21(18)23(19)27/h5-7,14,17,19H,1-2,8-13,15H2,3-4H3/b7-6-. The van der Waals surface area contributed by atoms with Gasteiger partial charge < -0.3 is 9.47 Å². The van der Waals surface area contributed by atoms with Gasteiger partial charge in [0.25, 0.3) is 0 Å². The summed E-state index contributed by atoms with van der Waals surface area (Å²) in [6, 6.07) is 1.75. The molecule has 0 radical (unpaired) electrons. The Morgan fingerprint density at radius 3 is 2.66 bits per heavy atom. The van der Waals surface area contributed by atoms with Gasteiger partial charge in [-0.1, -0.05) is 31.4 Å². The molecule has 5 heteroatoms. The van der Waals surface area contributed by atoms with Crippen molar-refractivity contribution in [2.45, 2.75) is 25.7 Å². The van der Waals surface area contributed by atoms with Gasteiger partial charge in [-0.3, -0.25) is 9.69 Å². The molecule has 1 fully saturated rings. The van der Waals surface area contributed by atoms with Gasteiger partial charge in [-0.05, 0) is 61.9 Å². The lowest BCUT2D eigenvalue weighted by Crippen LogP contribution is -2.35. The van der Waals surface area contributed by atoms with Crippen LogP contribution in [-0.2, 0) is 6.42 Å². The van der Waals surface area contributed by atoms with Crippen molar-refractivity contribution in [2.75, 3.05) is 33.9 Å². The molecule has 4 nitrogen and oxygen atoms in total. The second kappa shape index (κ2) is 9.40. The Bertz CT molecular complexity index is 822. The van der Waals surface area contributed by atoms with Gasteiger partial charge >= 0.3 is 0 Å². The summed E-state index contributed by atoms with van der Waals surface area (Å²) in [5.74, 6) is 0.00585. The highest BCUT2D eigenvalue weighted by Crippen LogP contribution is 2.42. The van der Waals surface area contributed by atoms with E-state index in [1.807, 2.05) is 12.2 Å². The summed E-state index contributed by atoms with van der Waals surface area (Å²) in [4.78, 5) is 15.3. The molecule has 1 saturated heterocycles. The first-order chi connectivity index (χ1) is 14.0. The third-order valence-electron chi connectivity index (χ3n) is 6.00. The maximum absolute atomic E-state index is 14.8. The number of methoxy groups -OCH3 is 2. The molecule has 1 unspecified atom stereocenters. The molecular weight excluding hydrogens is 369 g/mol. The molecule has 0 spiro atoms. The fourth-order valence-electron chi connectivity index (χ4n) is 4.51. The highest BCUT2D eigenvalue weighted by Gasteiger charge is 2.37. The second-order valence-corrected chi connectivity index (χ2v) is 7.93. The molecule has 1 aliphatic carbocycles. The van der Waals surface area contributed by atoms with Crippen molar-refractivity contribution in [2.24, 2.45) is 11.8 Å². The molecule has 3 rings (SSSR count). The minimum atomic E-state index is -0.588. The van der Waals surface area contributed by atoms with E-state index in [1.165, 1.54) is 14.2 Å². The van der Waals surface area contributed by atoms with Gasteiger partial charge in [0.15, 0.2) is 23.1 Å². The molecule has 1 aliphatic heterocycles. The minimum absolute atomic E-state index is 0.0132. The van der Waals surface area contributed by atoms with E-state index in [0.29, 0.717) is 18.1 Å². The zero-order valence-electron chi connectivity index (χ0n) is 17.4. The number of allylic oxidation sites excluding steroid dienone is 2. The number of carbonyl (C=O) groups is 1. The van der Waals surface area contributed by atoms with Crippen LogP contribution >= 0.6 is 0 Å². The largest absolute Gasteiger partial charge is 0.493 e. The number of hydrogen-bond donors (Lipinski definition) is 0. The lowest BCUT2D eigenvalue weighted by molar-refractivity contribution is 0.0896. The van der Waals surface area contributed by atoms with Crippen LogP contribution in [-0.4, -0.2) is 44.5 Å². The Balaban J connectivity index is 1.59. The number of carbonyl (C=O) groups excluding carboxylic acids is 1. The highest BCUT2D eigenvalue weighted by atomic mass is 19.1. The highest BCUT2D eigenvalue weighted by molar-refractivity contribution is 6.03. The molecule has 1 atom stereocenters. The molecule has 29 heavy (non-hydrogen) atoms. The summed E-state index contributed by atoms with van der Waals surface area (Å²) in [5, 5.41) is 0. The maximum atomic E-state index is 14.8. The molecule has 0 aromatic heterocycles. The van der Waals surface area contributed by atoms with Crippen LogP contribution in [0.15, 0.2) is 43.0 Å². The SMILES string of the molecule is C=C/C=C\C(=C)CN1CCC(CC2Cc3cc(OC)c(OC)c(F)c3C2=O)CC1. The quantitative estimate of drug-likeness (QED) is 0.599. The van der Waals surface area contributed by atoms with Crippen molar-refractivity contribution in [3.63, 3.8) is 0 Å². The average molecular weight is 400 g/mol. The van der Waals surface area contributed by atoms with E-state index in [-0.39, 0.29) is 23.0 Å². The number of fused-ring (bicyclic) bond motifs is 1. The van der Waals surface area contributed by atoms with Crippen LogP contribution in [0.4, 0.5) is 4.39 Å². The van der Waals surface area contributed by atoms with E-state index < -0.39 is 5.82 Å². The first kappa shape index (κ1) is 21.3. The van der Waals surface area contributed by atoms with Gasteiger partial charge in [0.05, 0.1) is 19.8 Å². The van der Waals surface area contributed by atoms with Crippen LogP contribution in [0, 0.1) is 17.7 Å². The van der Waals surface area contributed by atoms with E-state index in [1.54, 1.807) is 12.1 Å². The number of ketones is 1. The number of Topliss-reactive ketones (excluding diaryl/α,β-unsaturated/α-hetero) is 1. The molecular formula is C24H30FNO3. The van der Waals surface area contributed by atoms with Gasteiger partial charge in [-0.2, -0.15) is 0 Å². The van der Waals surface area contributed by atoms with Crippen molar-refractivity contribution in [1.82, 2.24) is 4.90 Å². The maximum Gasteiger partial charge on any atom is 0.197 e. The molecule has 156 valence electrons. The van der Waals surface area contributed by atoms with Gasteiger partial charge in [0.1, 0.15) is 0 Å². The number of benzene rings is 1. The predicted octanol–water partition coefficient (Wildman–Crippen LogP) is 4.60. The molecule has 2 aliphatic rings. The van der Waals surface area contributed by atoms with Crippen molar-refractivity contribution in [3.05, 3.63) is 60.0 Å². The Hall–Kier alpha value is -2.40. The molecule has 1 heterocycles. The van der Waals surface area contributed by atoms with Crippen LogP contribution in [0.2, 0.25) is 0 Å². The zero-order chi connectivity index (χ0) is 21.0. The molecule has 0 N–H and O–H groups in total. The first-order valence-corrected chi connectivity index (χ1v) is 10.1. The van der Waals surface area contributed by atoms with Gasteiger partial charge in [-0.15, -0.1) is 0 Å². The Morgan fingerprint density at radius 2 is 2.03 bits per heavy atom. The van der Waals surface area contributed by atoms with E-state index >= 15 is 0 Å². The van der Waals surface area contributed by atoms with Crippen LogP contribution in [0.25, 0.3) is 0 Å². The zero-order valence-corrected chi connectivity index (χ0v) is 17.4. The number of hydrogen-bond acceptors (Lipinski definition) is 4. The topological polar surface area (TPSA) is 38.8 Å². The fourth-order valence-corrected chi connectivity index (χ4v) is 4.51.